The number of pyridine rings is 1. The summed E-state index contributed by atoms with van der Waals surface area (Å²) in [5.74, 6) is -1.11. The molecule has 4 aromatic rings. The van der Waals surface area contributed by atoms with Crippen LogP contribution in [0.5, 0.6) is 0 Å². The highest BCUT2D eigenvalue weighted by molar-refractivity contribution is 7.21. The number of anilines is 2. The van der Waals surface area contributed by atoms with Gasteiger partial charge in [-0.1, -0.05) is 30.3 Å². The van der Waals surface area contributed by atoms with Gasteiger partial charge in [-0.15, -0.1) is 11.3 Å². The predicted molar refractivity (Wildman–Crippen MR) is 109 cm³/mol. The fourth-order valence-corrected chi connectivity index (χ4v) is 4.11. The van der Waals surface area contributed by atoms with Gasteiger partial charge in [-0.2, -0.15) is 5.26 Å². The number of carboxylic acid groups (broad SMARTS) is 1. The molecule has 0 aliphatic heterocycles. The number of carbonyl (C=O) groups is 1. The van der Waals surface area contributed by atoms with Crippen LogP contribution in [0.15, 0.2) is 71.5 Å². The smallest absolute Gasteiger partial charge is 0.348 e. The number of fused-ring (bicyclic) bond motifs is 1. The lowest BCUT2D eigenvalue weighted by Gasteiger charge is -2.10. The molecule has 7 heteroatoms. The van der Waals surface area contributed by atoms with Crippen LogP contribution in [0.4, 0.5) is 11.4 Å². The van der Waals surface area contributed by atoms with Crippen molar-refractivity contribution in [2.45, 2.75) is 0 Å². The van der Waals surface area contributed by atoms with E-state index in [0.29, 0.717) is 32.8 Å². The van der Waals surface area contributed by atoms with E-state index in [1.165, 1.54) is 10.6 Å². The number of hydrogen-bond donors (Lipinski definition) is 2. The van der Waals surface area contributed by atoms with Crippen LogP contribution >= 0.6 is 11.3 Å². The summed E-state index contributed by atoms with van der Waals surface area (Å²) in [4.78, 5) is 25.0. The number of aromatic carboxylic acids is 1. The Kier molecular flexibility index (Phi) is 4.39. The second kappa shape index (κ2) is 7.02. The Morgan fingerprint density at radius 3 is 2.46 bits per heavy atom. The summed E-state index contributed by atoms with van der Waals surface area (Å²) in [5.41, 5.74) is 1.67. The topological polar surface area (TPSA) is 95.1 Å². The van der Waals surface area contributed by atoms with Crippen LogP contribution in [-0.2, 0) is 0 Å². The van der Waals surface area contributed by atoms with Crippen LogP contribution in [0.2, 0.25) is 0 Å². The number of carboxylic acids is 1. The van der Waals surface area contributed by atoms with Gasteiger partial charge in [0.05, 0.1) is 22.6 Å². The second-order valence-corrected chi connectivity index (χ2v) is 6.95. The van der Waals surface area contributed by atoms with E-state index < -0.39 is 5.97 Å². The zero-order chi connectivity index (χ0) is 19.7. The number of thiophene rings is 1. The van der Waals surface area contributed by atoms with Gasteiger partial charge in [0, 0.05) is 11.5 Å². The van der Waals surface area contributed by atoms with Crippen molar-refractivity contribution in [3.63, 3.8) is 0 Å². The van der Waals surface area contributed by atoms with Gasteiger partial charge in [0.25, 0.3) is 5.56 Å². The van der Waals surface area contributed by atoms with Crippen molar-refractivity contribution >= 4 is 38.9 Å². The molecule has 2 aromatic heterocycles. The highest BCUT2D eigenvalue weighted by Crippen LogP contribution is 2.38. The minimum Gasteiger partial charge on any atom is -0.477 e. The first-order valence-corrected chi connectivity index (χ1v) is 9.15. The summed E-state index contributed by atoms with van der Waals surface area (Å²) in [7, 11) is 0. The van der Waals surface area contributed by atoms with Crippen molar-refractivity contribution in [2.75, 3.05) is 5.32 Å². The fourth-order valence-electron chi connectivity index (χ4n) is 3.00. The molecule has 4 rings (SSSR count). The summed E-state index contributed by atoms with van der Waals surface area (Å²) in [5, 5.41) is 22.7. The van der Waals surface area contributed by atoms with Crippen molar-refractivity contribution in [3.05, 3.63) is 87.5 Å². The zero-order valence-corrected chi connectivity index (χ0v) is 15.2. The van der Waals surface area contributed by atoms with Gasteiger partial charge >= 0.3 is 5.97 Å². The van der Waals surface area contributed by atoms with Gasteiger partial charge in [0.15, 0.2) is 0 Å². The van der Waals surface area contributed by atoms with Crippen molar-refractivity contribution in [3.8, 4) is 11.8 Å². The average molecular weight is 387 g/mol. The Bertz CT molecular complexity index is 1300. The molecule has 6 nitrogen and oxygen atoms in total. The van der Waals surface area contributed by atoms with Crippen molar-refractivity contribution in [1.82, 2.24) is 4.57 Å². The lowest BCUT2D eigenvalue weighted by atomic mass is 10.1. The number of rotatable bonds is 4. The molecule has 0 unspecified atom stereocenters. The molecule has 0 radical (unpaired) electrons. The van der Waals surface area contributed by atoms with Crippen LogP contribution in [0.1, 0.15) is 15.2 Å². The first-order chi connectivity index (χ1) is 13.6. The van der Waals surface area contributed by atoms with Gasteiger partial charge in [-0.3, -0.25) is 9.36 Å². The maximum absolute atomic E-state index is 12.5. The number of nitrogens with one attached hydrogen (secondary N) is 1. The lowest BCUT2D eigenvalue weighted by Crippen LogP contribution is -2.16. The monoisotopic (exact) mass is 387 g/mol. The number of benzene rings is 2. The molecule has 28 heavy (non-hydrogen) atoms. The molecule has 0 fully saturated rings. The van der Waals surface area contributed by atoms with E-state index in [9.17, 15) is 20.0 Å². The summed E-state index contributed by atoms with van der Waals surface area (Å²) < 4.78 is 1.49. The molecule has 0 aliphatic rings. The summed E-state index contributed by atoms with van der Waals surface area (Å²) in [6.45, 7) is 0. The average Bonchev–Trinajstić information content (AvgIpc) is 3.07. The Balaban J connectivity index is 1.99. The maximum atomic E-state index is 12.5. The van der Waals surface area contributed by atoms with Gasteiger partial charge in [-0.25, -0.2) is 4.79 Å². The standard InChI is InChI=1S/C21H13N3O3S/c22-12-13-6-4-5-9-16(13)23-18-15-10-11-17(25)24(14-7-2-1-3-8-14)20(15)28-19(18)21(26)27/h1-11,23H,(H,26,27). The molecule has 0 amide bonds. The van der Waals surface area contributed by atoms with Gasteiger partial charge in [0.2, 0.25) is 0 Å². The largest absolute Gasteiger partial charge is 0.477 e. The van der Waals surface area contributed by atoms with Crippen molar-refractivity contribution < 1.29 is 9.90 Å². The summed E-state index contributed by atoms with van der Waals surface area (Å²) >= 11 is 1.02. The van der Waals surface area contributed by atoms with Gasteiger partial charge < -0.3 is 10.4 Å². The number of nitrogens with zero attached hydrogens (tertiary/aromatic N) is 2. The van der Waals surface area contributed by atoms with Gasteiger partial charge in [0.1, 0.15) is 15.8 Å². The molecule has 0 spiro atoms. The molecular weight excluding hydrogens is 374 g/mol. The van der Waals surface area contributed by atoms with Crippen LogP contribution in [-0.4, -0.2) is 15.6 Å². The molecule has 0 aliphatic carbocycles. The third-order valence-electron chi connectivity index (χ3n) is 4.26. The summed E-state index contributed by atoms with van der Waals surface area (Å²) in [6.07, 6.45) is 0. The van der Waals surface area contributed by atoms with Crippen LogP contribution in [0.3, 0.4) is 0 Å². The molecule has 2 aromatic carbocycles. The van der Waals surface area contributed by atoms with E-state index in [0.717, 1.165) is 11.3 Å². The normalized spacial score (nSPS) is 10.5. The van der Waals surface area contributed by atoms with E-state index in [1.807, 2.05) is 18.2 Å². The maximum Gasteiger partial charge on any atom is 0.348 e. The number of para-hydroxylation sites is 2. The van der Waals surface area contributed by atoms with E-state index >= 15 is 0 Å². The lowest BCUT2D eigenvalue weighted by molar-refractivity contribution is 0.0703. The molecule has 2 heterocycles. The molecular formula is C21H13N3O3S. The minimum atomic E-state index is -1.11. The highest BCUT2D eigenvalue weighted by atomic mass is 32.1. The number of aromatic nitrogens is 1. The molecule has 0 atom stereocenters. The Morgan fingerprint density at radius 2 is 1.75 bits per heavy atom. The molecule has 136 valence electrons. The van der Waals surface area contributed by atoms with E-state index in [1.54, 1.807) is 42.5 Å². The highest BCUT2D eigenvalue weighted by Gasteiger charge is 2.21. The van der Waals surface area contributed by atoms with E-state index in [2.05, 4.69) is 11.4 Å². The Morgan fingerprint density at radius 1 is 1.04 bits per heavy atom. The molecule has 2 N–H and O–H groups in total. The minimum absolute atomic E-state index is 0.0676. The van der Waals surface area contributed by atoms with Crippen molar-refractivity contribution in [1.29, 1.82) is 5.26 Å². The predicted octanol–water partition coefficient (Wildman–Crippen LogP) is 4.37. The SMILES string of the molecule is N#Cc1ccccc1Nc1c(C(=O)O)sc2c1ccc(=O)n2-c1ccccc1. The third-order valence-corrected chi connectivity index (χ3v) is 5.44. The number of hydrogen-bond acceptors (Lipinski definition) is 5. The van der Waals surface area contributed by atoms with Gasteiger partial charge in [-0.05, 0) is 30.3 Å². The van der Waals surface area contributed by atoms with Crippen LogP contribution in [0, 0.1) is 11.3 Å². The molecule has 0 saturated carbocycles. The quantitative estimate of drug-likeness (QED) is 0.542. The fraction of sp³-hybridized carbons (Fsp3) is 0. The second-order valence-electron chi connectivity index (χ2n) is 5.96. The van der Waals surface area contributed by atoms with Crippen LogP contribution in [0.25, 0.3) is 15.9 Å². The Labute approximate surface area is 163 Å². The molecule has 0 saturated heterocycles. The summed E-state index contributed by atoms with van der Waals surface area (Å²) in [6, 6.07) is 21.0. The third kappa shape index (κ3) is 2.92. The first-order valence-electron chi connectivity index (χ1n) is 8.33. The van der Waals surface area contributed by atoms with E-state index in [4.69, 9.17) is 0 Å². The van der Waals surface area contributed by atoms with Crippen LogP contribution < -0.4 is 10.9 Å². The van der Waals surface area contributed by atoms with E-state index in [-0.39, 0.29) is 10.4 Å². The van der Waals surface area contributed by atoms with Crippen molar-refractivity contribution in [2.24, 2.45) is 0 Å². The first kappa shape index (κ1) is 17.5. The zero-order valence-electron chi connectivity index (χ0n) is 14.4. The molecule has 0 bridgehead atoms. The number of nitriles is 1. The Hall–Kier alpha value is -3.89.